The van der Waals surface area contributed by atoms with Gasteiger partial charge >= 0.3 is 11.9 Å². The molecule has 0 aliphatic carbocycles. The molecule has 4 nitrogen and oxygen atoms in total. The van der Waals surface area contributed by atoms with Crippen LogP contribution in [0, 0.1) is 0 Å². The van der Waals surface area contributed by atoms with E-state index in [0.29, 0.717) is 5.56 Å². The first-order valence-electron chi connectivity index (χ1n) is 5.61. The van der Waals surface area contributed by atoms with E-state index in [1.165, 1.54) is 0 Å². The molecule has 0 aromatic heterocycles. The van der Waals surface area contributed by atoms with E-state index in [0.717, 1.165) is 18.4 Å². The molecule has 0 unspecified atom stereocenters. The van der Waals surface area contributed by atoms with E-state index in [2.05, 4.69) is 0 Å². The van der Waals surface area contributed by atoms with Gasteiger partial charge in [0.2, 0.25) is 0 Å². The first kappa shape index (κ1) is 13.2. The fourth-order valence-electron chi connectivity index (χ4n) is 1.73. The van der Waals surface area contributed by atoms with Crippen molar-refractivity contribution in [3.63, 3.8) is 0 Å². The number of benzene rings is 1. The van der Waals surface area contributed by atoms with Crippen LogP contribution in [0.4, 0.5) is 0 Å². The summed E-state index contributed by atoms with van der Waals surface area (Å²) in [4.78, 5) is 21.6. The van der Waals surface area contributed by atoms with Gasteiger partial charge in [0.15, 0.2) is 0 Å². The second-order valence-corrected chi connectivity index (χ2v) is 3.94. The average Bonchev–Trinajstić information content (AvgIpc) is 2.27. The molecule has 0 radical (unpaired) electrons. The fourth-order valence-corrected chi connectivity index (χ4v) is 1.73. The predicted molar refractivity (Wildman–Crippen MR) is 63.4 cm³/mol. The molecule has 0 heterocycles. The van der Waals surface area contributed by atoms with Gasteiger partial charge < -0.3 is 10.2 Å². The summed E-state index contributed by atoms with van der Waals surface area (Å²) >= 11 is 0. The maximum Gasteiger partial charge on any atom is 0.335 e. The van der Waals surface area contributed by atoms with Crippen molar-refractivity contribution in [3.05, 3.63) is 34.9 Å². The van der Waals surface area contributed by atoms with Gasteiger partial charge in [-0.3, -0.25) is 4.79 Å². The third-order valence-corrected chi connectivity index (χ3v) is 2.55. The van der Waals surface area contributed by atoms with E-state index in [1.807, 2.05) is 13.0 Å². The Hall–Kier alpha value is -1.84. The van der Waals surface area contributed by atoms with Crippen molar-refractivity contribution in [2.24, 2.45) is 0 Å². The molecule has 2 N–H and O–H groups in total. The predicted octanol–water partition coefficient (Wildman–Crippen LogP) is 2.35. The lowest BCUT2D eigenvalue weighted by molar-refractivity contribution is -0.136. The highest BCUT2D eigenvalue weighted by atomic mass is 16.4. The highest BCUT2D eigenvalue weighted by molar-refractivity contribution is 5.89. The zero-order valence-corrected chi connectivity index (χ0v) is 9.77. The van der Waals surface area contributed by atoms with Crippen molar-refractivity contribution in [3.8, 4) is 0 Å². The normalized spacial score (nSPS) is 10.2. The maximum atomic E-state index is 11.1. The number of hydrogen-bond acceptors (Lipinski definition) is 2. The van der Waals surface area contributed by atoms with E-state index in [-0.39, 0.29) is 18.4 Å². The third kappa shape index (κ3) is 3.90. The van der Waals surface area contributed by atoms with E-state index in [9.17, 15) is 9.59 Å². The van der Waals surface area contributed by atoms with Crippen molar-refractivity contribution in [1.82, 2.24) is 0 Å². The smallest absolute Gasteiger partial charge is 0.335 e. The number of carboxylic acid groups (broad SMARTS) is 2. The summed E-state index contributed by atoms with van der Waals surface area (Å²) in [6.45, 7) is 2.03. The van der Waals surface area contributed by atoms with Gasteiger partial charge in [-0.15, -0.1) is 0 Å². The van der Waals surface area contributed by atoms with Crippen LogP contribution in [0.3, 0.4) is 0 Å². The molecule has 1 aromatic rings. The molecule has 1 aromatic carbocycles. The minimum atomic E-state index is -0.997. The molecule has 0 spiro atoms. The SMILES string of the molecule is CCCc1ccc(CCC(=O)O)c(C(=O)O)c1. The Balaban J connectivity index is 2.95. The fraction of sp³-hybridized carbons (Fsp3) is 0.385. The Morgan fingerprint density at radius 3 is 2.41 bits per heavy atom. The molecule has 0 bridgehead atoms. The Labute approximate surface area is 99.9 Å². The minimum absolute atomic E-state index is 0.0482. The molecule has 0 aliphatic rings. The molecule has 0 saturated heterocycles. The summed E-state index contributed by atoms with van der Waals surface area (Å²) in [5.41, 5.74) is 1.78. The van der Waals surface area contributed by atoms with Gasteiger partial charge in [-0.25, -0.2) is 4.79 Å². The molecule has 17 heavy (non-hydrogen) atoms. The van der Waals surface area contributed by atoms with Crippen molar-refractivity contribution >= 4 is 11.9 Å². The third-order valence-electron chi connectivity index (χ3n) is 2.55. The largest absolute Gasteiger partial charge is 0.481 e. The van der Waals surface area contributed by atoms with Crippen LogP contribution in [0.15, 0.2) is 18.2 Å². The van der Waals surface area contributed by atoms with E-state index < -0.39 is 11.9 Å². The first-order valence-corrected chi connectivity index (χ1v) is 5.61. The van der Waals surface area contributed by atoms with Crippen LogP contribution >= 0.6 is 0 Å². The first-order chi connectivity index (χ1) is 8.04. The number of rotatable bonds is 6. The minimum Gasteiger partial charge on any atom is -0.481 e. The van der Waals surface area contributed by atoms with Crippen LogP contribution in [0.25, 0.3) is 0 Å². The summed E-state index contributed by atoms with van der Waals surface area (Å²) < 4.78 is 0. The van der Waals surface area contributed by atoms with Crippen molar-refractivity contribution in [2.75, 3.05) is 0 Å². The summed E-state index contributed by atoms with van der Waals surface area (Å²) in [6, 6.07) is 5.23. The van der Waals surface area contributed by atoms with Crippen LogP contribution in [0.1, 0.15) is 41.3 Å². The highest BCUT2D eigenvalue weighted by Gasteiger charge is 2.11. The van der Waals surface area contributed by atoms with Gasteiger partial charge in [0.1, 0.15) is 0 Å². The summed E-state index contributed by atoms with van der Waals surface area (Å²) in [5.74, 6) is -1.91. The second kappa shape index (κ2) is 6.03. The van der Waals surface area contributed by atoms with E-state index in [1.54, 1.807) is 12.1 Å². The molecule has 0 aliphatic heterocycles. The molecule has 0 fully saturated rings. The molecular formula is C13H16O4. The number of carbonyl (C=O) groups is 2. The molecule has 0 saturated carbocycles. The van der Waals surface area contributed by atoms with Gasteiger partial charge in [0.05, 0.1) is 5.56 Å². The highest BCUT2D eigenvalue weighted by Crippen LogP contribution is 2.15. The zero-order chi connectivity index (χ0) is 12.8. The Kier molecular flexibility index (Phi) is 4.69. The number of aryl methyl sites for hydroxylation is 2. The van der Waals surface area contributed by atoms with Crippen LogP contribution in [-0.2, 0) is 17.6 Å². The van der Waals surface area contributed by atoms with E-state index >= 15 is 0 Å². The summed E-state index contributed by atoms with van der Waals surface area (Å²) in [6.07, 6.45) is 1.99. The molecule has 0 atom stereocenters. The van der Waals surface area contributed by atoms with Gasteiger partial charge in [-0.2, -0.15) is 0 Å². The molecule has 1 rings (SSSR count). The van der Waals surface area contributed by atoms with Crippen LogP contribution in [-0.4, -0.2) is 22.2 Å². The molecule has 4 heteroatoms. The van der Waals surface area contributed by atoms with Crippen LogP contribution in [0.5, 0.6) is 0 Å². The lowest BCUT2D eigenvalue weighted by Gasteiger charge is -2.07. The lowest BCUT2D eigenvalue weighted by Crippen LogP contribution is -2.06. The number of carboxylic acids is 2. The van der Waals surface area contributed by atoms with E-state index in [4.69, 9.17) is 10.2 Å². The van der Waals surface area contributed by atoms with Crippen LogP contribution < -0.4 is 0 Å². The Morgan fingerprint density at radius 2 is 1.88 bits per heavy atom. The van der Waals surface area contributed by atoms with Crippen molar-refractivity contribution < 1.29 is 19.8 Å². The second-order valence-electron chi connectivity index (χ2n) is 3.94. The Morgan fingerprint density at radius 1 is 1.18 bits per heavy atom. The summed E-state index contributed by atoms with van der Waals surface area (Å²) in [5, 5.41) is 17.7. The molecule has 92 valence electrons. The van der Waals surface area contributed by atoms with Gasteiger partial charge in [0.25, 0.3) is 0 Å². The monoisotopic (exact) mass is 236 g/mol. The molecule has 0 amide bonds. The van der Waals surface area contributed by atoms with Crippen molar-refractivity contribution in [2.45, 2.75) is 32.6 Å². The lowest BCUT2D eigenvalue weighted by atomic mass is 9.98. The number of aromatic carboxylic acids is 1. The summed E-state index contributed by atoms with van der Waals surface area (Å²) in [7, 11) is 0. The molecular weight excluding hydrogens is 220 g/mol. The quantitative estimate of drug-likeness (QED) is 0.795. The van der Waals surface area contributed by atoms with Crippen LogP contribution in [0.2, 0.25) is 0 Å². The maximum absolute atomic E-state index is 11.1. The number of hydrogen-bond donors (Lipinski definition) is 2. The van der Waals surface area contributed by atoms with Crippen molar-refractivity contribution in [1.29, 1.82) is 0 Å². The number of aliphatic carboxylic acids is 1. The Bertz CT molecular complexity index is 423. The van der Waals surface area contributed by atoms with Gasteiger partial charge in [-0.05, 0) is 30.0 Å². The van der Waals surface area contributed by atoms with Gasteiger partial charge in [-0.1, -0.05) is 25.5 Å². The average molecular weight is 236 g/mol. The topological polar surface area (TPSA) is 74.6 Å². The standard InChI is InChI=1S/C13H16O4/c1-2-3-9-4-5-10(6-7-12(14)15)11(8-9)13(16)17/h4-5,8H,2-3,6-7H2,1H3,(H,14,15)(H,16,17). The zero-order valence-electron chi connectivity index (χ0n) is 9.77. The van der Waals surface area contributed by atoms with Gasteiger partial charge in [0, 0.05) is 6.42 Å².